The third-order valence-electron chi connectivity index (χ3n) is 9.73. The van der Waals surface area contributed by atoms with Gasteiger partial charge in [-0.15, -0.1) is 19.0 Å². The van der Waals surface area contributed by atoms with Gasteiger partial charge in [0.1, 0.15) is 6.10 Å². The van der Waals surface area contributed by atoms with Crippen LogP contribution in [0.3, 0.4) is 0 Å². The van der Waals surface area contributed by atoms with Gasteiger partial charge in [0.25, 0.3) is 0 Å². The smallest absolute Gasteiger partial charge is 0.165 e. The van der Waals surface area contributed by atoms with Crippen molar-refractivity contribution >= 4 is 12.4 Å². The zero-order valence-corrected chi connectivity index (χ0v) is 28.6. The Morgan fingerprint density at radius 3 is 1.96 bits per heavy atom. The lowest BCUT2D eigenvalue weighted by atomic mass is 9.48. The lowest BCUT2D eigenvalue weighted by molar-refractivity contribution is -0.215. The highest BCUT2D eigenvalue weighted by Gasteiger charge is 2.73. The molecule has 47 heavy (non-hydrogen) atoms. The summed E-state index contributed by atoms with van der Waals surface area (Å²) in [6.07, 6.45) is 4.12. The third-order valence-corrected chi connectivity index (χ3v) is 9.73. The number of aromatic hydroxyl groups is 1. The highest BCUT2D eigenvalue weighted by molar-refractivity contribution is 5.85. The number of halogens is 1. The van der Waals surface area contributed by atoms with Crippen molar-refractivity contribution in [2.24, 2.45) is 0 Å². The van der Waals surface area contributed by atoms with Crippen molar-refractivity contribution in [3.05, 3.63) is 35.9 Å². The van der Waals surface area contributed by atoms with Gasteiger partial charge in [0.2, 0.25) is 0 Å². The van der Waals surface area contributed by atoms with Crippen LogP contribution >= 0.6 is 12.4 Å². The van der Waals surface area contributed by atoms with Crippen LogP contribution in [0.5, 0.6) is 11.5 Å². The first-order valence-electron chi connectivity index (χ1n) is 16.7. The fourth-order valence-corrected chi connectivity index (χ4v) is 7.74. The topological polar surface area (TPSA) is 127 Å². The average molecular weight is 688 g/mol. The van der Waals surface area contributed by atoms with Gasteiger partial charge in [0, 0.05) is 25.3 Å². The number of likely N-dealkylation sites (tertiary alicyclic amines) is 1. The van der Waals surface area contributed by atoms with E-state index < -0.39 is 11.0 Å². The quantitative estimate of drug-likeness (QED) is 0.122. The summed E-state index contributed by atoms with van der Waals surface area (Å²) in [5, 5.41) is 23.1. The van der Waals surface area contributed by atoms with Crippen molar-refractivity contribution in [3.8, 4) is 11.5 Å². The van der Waals surface area contributed by atoms with Crippen LogP contribution in [0, 0.1) is 0 Å². The molecule has 5 rings (SSSR count). The second-order valence-corrected chi connectivity index (χ2v) is 12.3. The van der Waals surface area contributed by atoms with Crippen molar-refractivity contribution in [1.82, 2.24) is 4.90 Å². The fourth-order valence-electron chi connectivity index (χ4n) is 7.74. The lowest BCUT2D eigenvalue weighted by Gasteiger charge is -2.64. The number of rotatable bonds is 24. The molecular weight excluding hydrogens is 634 g/mol. The number of hydrogen-bond donors (Lipinski definition) is 2. The summed E-state index contributed by atoms with van der Waals surface area (Å²) in [7, 11) is 1.65. The number of piperidine rings is 1. The first kappa shape index (κ1) is 38.3. The number of benzene rings is 1. The van der Waals surface area contributed by atoms with Crippen LogP contribution in [-0.4, -0.2) is 152 Å². The molecule has 2 heterocycles. The van der Waals surface area contributed by atoms with Crippen molar-refractivity contribution in [2.75, 3.05) is 113 Å². The molecule has 12 nitrogen and oxygen atoms in total. The third kappa shape index (κ3) is 8.61. The number of hydrogen-bond acceptors (Lipinski definition) is 12. The van der Waals surface area contributed by atoms with Crippen LogP contribution in [0.1, 0.15) is 30.4 Å². The molecule has 1 saturated heterocycles. The van der Waals surface area contributed by atoms with E-state index in [1.165, 1.54) is 0 Å². The van der Waals surface area contributed by atoms with E-state index >= 15 is 0 Å². The van der Waals surface area contributed by atoms with Crippen LogP contribution in [-0.2, 0) is 49.7 Å². The van der Waals surface area contributed by atoms with E-state index in [9.17, 15) is 10.2 Å². The summed E-state index contributed by atoms with van der Waals surface area (Å²) in [5.74, 6) is 0.660. The van der Waals surface area contributed by atoms with Gasteiger partial charge in [-0.2, -0.15) is 0 Å². The van der Waals surface area contributed by atoms with E-state index in [1.807, 2.05) is 12.1 Å². The first-order valence-corrected chi connectivity index (χ1v) is 16.7. The predicted octanol–water partition coefficient (Wildman–Crippen LogP) is 2.29. The molecular formula is C34H54ClNO11. The normalized spacial score (nSPS) is 27.2. The summed E-state index contributed by atoms with van der Waals surface area (Å²) in [5.41, 5.74) is 0.592. The van der Waals surface area contributed by atoms with Crippen LogP contribution < -0.4 is 4.74 Å². The standard InChI is InChI=1S/C34H53NO11.ClH/c1-3-9-35-10-8-33-30-26-4-5-27(36)31(30)46-32(33)28(6-7-34(33,37)29(35)25-26)45-24-23-44-22-21-43-20-19-42-18-17-41-16-15-40-14-13-39-12-11-38-2;/h3-5,28-29,32,36-37H,1,6-25H2,2H3;1H/t28-,29+,32-,33-,34+;/m1./s1. The Morgan fingerprint density at radius 2 is 1.40 bits per heavy atom. The van der Waals surface area contributed by atoms with Gasteiger partial charge in [-0.1, -0.05) is 12.1 Å². The molecule has 13 heteroatoms. The summed E-state index contributed by atoms with van der Waals surface area (Å²) in [6.45, 7) is 12.6. The van der Waals surface area contributed by atoms with Gasteiger partial charge in [0.15, 0.2) is 11.5 Å². The average Bonchev–Trinajstić information content (AvgIpc) is 3.41. The molecule has 2 aliphatic heterocycles. The maximum atomic E-state index is 12.4. The lowest BCUT2D eigenvalue weighted by Crippen LogP contribution is -2.77. The molecule has 2 aliphatic carbocycles. The Morgan fingerprint density at radius 1 is 0.851 bits per heavy atom. The zero-order chi connectivity index (χ0) is 32.2. The SMILES string of the molecule is C=CCN1CC[C@@]23c4c5ccc(O)c4O[C@@H]2[C@H](OCCOCCOCCOCCOCCOCCOCCOC)CC[C@]3(O)[C@@H]1C5.Cl. The molecule has 1 saturated carbocycles. The largest absolute Gasteiger partial charge is 0.504 e. The molecule has 2 N–H and O–H groups in total. The number of methoxy groups -OCH3 is 1. The number of aliphatic hydroxyl groups is 1. The Bertz CT molecular complexity index is 1100. The Kier molecular flexibility index (Phi) is 15.5. The van der Waals surface area contributed by atoms with E-state index in [0.717, 1.165) is 37.1 Å². The molecule has 0 radical (unpaired) electrons. The summed E-state index contributed by atoms with van der Waals surface area (Å²) < 4.78 is 50.9. The molecule has 268 valence electrons. The maximum absolute atomic E-state index is 12.4. The van der Waals surface area contributed by atoms with Crippen molar-refractivity contribution in [3.63, 3.8) is 0 Å². The molecule has 0 unspecified atom stereocenters. The van der Waals surface area contributed by atoms with Crippen molar-refractivity contribution < 1.29 is 52.8 Å². The Hall–Kier alpha value is -1.55. The van der Waals surface area contributed by atoms with Gasteiger partial charge in [-0.05, 0) is 43.9 Å². The number of nitrogens with zero attached hydrogens (tertiary/aromatic N) is 1. The summed E-state index contributed by atoms with van der Waals surface area (Å²) >= 11 is 0. The zero-order valence-electron chi connectivity index (χ0n) is 27.7. The molecule has 5 atom stereocenters. The highest BCUT2D eigenvalue weighted by atomic mass is 35.5. The Balaban J connectivity index is 0.00000500. The molecule has 2 bridgehead atoms. The monoisotopic (exact) mass is 687 g/mol. The van der Waals surface area contributed by atoms with Gasteiger partial charge < -0.3 is 52.8 Å². The maximum Gasteiger partial charge on any atom is 0.165 e. The number of phenols is 1. The highest BCUT2D eigenvalue weighted by Crippen LogP contribution is 2.65. The first-order chi connectivity index (χ1) is 22.6. The van der Waals surface area contributed by atoms with Gasteiger partial charge in [0.05, 0.1) is 110 Å². The van der Waals surface area contributed by atoms with Crippen LogP contribution in [0.4, 0.5) is 0 Å². The second-order valence-electron chi connectivity index (χ2n) is 12.3. The van der Waals surface area contributed by atoms with Crippen LogP contribution in [0.15, 0.2) is 24.8 Å². The minimum absolute atomic E-state index is 0. The number of ether oxygens (including phenoxy) is 9. The molecule has 4 aliphatic rings. The minimum Gasteiger partial charge on any atom is -0.504 e. The van der Waals surface area contributed by atoms with Crippen LogP contribution in [0.25, 0.3) is 0 Å². The predicted molar refractivity (Wildman–Crippen MR) is 176 cm³/mol. The number of phenolic OH excluding ortho intramolecular Hbond substituents is 1. The van der Waals surface area contributed by atoms with Gasteiger partial charge in [-0.25, -0.2) is 0 Å². The summed E-state index contributed by atoms with van der Waals surface area (Å²) in [4.78, 5) is 2.35. The fraction of sp³-hybridized carbons (Fsp3) is 0.765. The molecule has 1 aromatic carbocycles. The Labute approximate surface area is 284 Å². The van der Waals surface area contributed by atoms with E-state index in [-0.39, 0.29) is 36.4 Å². The van der Waals surface area contributed by atoms with Crippen LogP contribution in [0.2, 0.25) is 0 Å². The molecule has 1 spiro atoms. The molecule has 0 amide bonds. The van der Waals surface area contributed by atoms with E-state index in [0.29, 0.717) is 111 Å². The minimum atomic E-state index is -0.954. The summed E-state index contributed by atoms with van der Waals surface area (Å²) in [6, 6.07) is 3.69. The van der Waals surface area contributed by atoms with Crippen molar-refractivity contribution in [1.29, 1.82) is 0 Å². The second kappa shape index (κ2) is 19.0. The van der Waals surface area contributed by atoms with E-state index in [4.69, 9.17) is 42.6 Å². The van der Waals surface area contributed by atoms with Gasteiger partial charge in [-0.3, -0.25) is 4.90 Å². The van der Waals surface area contributed by atoms with E-state index in [2.05, 4.69) is 11.5 Å². The van der Waals surface area contributed by atoms with Crippen molar-refractivity contribution in [2.45, 2.75) is 54.9 Å². The van der Waals surface area contributed by atoms with E-state index in [1.54, 1.807) is 13.2 Å². The molecule has 1 aromatic rings. The molecule has 2 fully saturated rings. The van der Waals surface area contributed by atoms with Gasteiger partial charge >= 0.3 is 0 Å². The molecule has 0 aromatic heterocycles.